The van der Waals surface area contributed by atoms with Crippen LogP contribution in [-0.4, -0.2) is 45.1 Å². The summed E-state index contributed by atoms with van der Waals surface area (Å²) in [7, 11) is 2.00. The molecule has 1 aromatic rings. The molecular formula is C15H26BrN5. The van der Waals surface area contributed by atoms with E-state index in [2.05, 4.69) is 43.4 Å². The van der Waals surface area contributed by atoms with E-state index in [1.807, 2.05) is 11.7 Å². The maximum absolute atomic E-state index is 4.22. The van der Waals surface area contributed by atoms with E-state index in [0.717, 1.165) is 11.1 Å². The van der Waals surface area contributed by atoms with Crippen LogP contribution in [0.25, 0.3) is 0 Å². The molecule has 118 valence electrons. The second-order valence-electron chi connectivity index (χ2n) is 6.38. The largest absolute Gasteiger partial charge is 0.307 e. The Labute approximate surface area is 135 Å². The number of likely N-dealkylation sites (N-methyl/N-ethyl adjacent to an activating group) is 1. The molecule has 2 fully saturated rings. The zero-order valence-electron chi connectivity index (χ0n) is 13.1. The summed E-state index contributed by atoms with van der Waals surface area (Å²) in [5, 5.41) is 12.2. The second kappa shape index (κ2) is 6.34. The molecule has 0 bridgehead atoms. The zero-order chi connectivity index (χ0) is 14.9. The van der Waals surface area contributed by atoms with E-state index in [0.29, 0.717) is 6.04 Å². The van der Waals surface area contributed by atoms with Crippen LogP contribution in [0.15, 0.2) is 4.60 Å². The van der Waals surface area contributed by atoms with E-state index in [9.17, 15) is 0 Å². The van der Waals surface area contributed by atoms with E-state index < -0.39 is 0 Å². The molecule has 1 aliphatic carbocycles. The zero-order valence-corrected chi connectivity index (χ0v) is 14.7. The molecule has 3 rings (SSSR count). The van der Waals surface area contributed by atoms with Crippen LogP contribution in [0.2, 0.25) is 0 Å². The van der Waals surface area contributed by atoms with Crippen molar-refractivity contribution >= 4 is 15.9 Å². The lowest BCUT2D eigenvalue weighted by atomic mass is 9.84. The molecule has 1 aliphatic heterocycles. The first-order valence-corrected chi connectivity index (χ1v) is 9.02. The van der Waals surface area contributed by atoms with Crippen molar-refractivity contribution in [2.45, 2.75) is 57.0 Å². The third-order valence-electron chi connectivity index (χ3n) is 5.25. The molecule has 1 saturated heterocycles. The van der Waals surface area contributed by atoms with Gasteiger partial charge in [0.25, 0.3) is 0 Å². The maximum Gasteiger partial charge on any atom is 0.153 e. The highest BCUT2D eigenvalue weighted by Gasteiger charge is 2.48. The molecule has 0 radical (unpaired) electrons. The standard InChI is InChI=1S/C15H26BrN5/c1-3-17-13(12-14(16)18-19-20(12)2)15(8-4-5-9-15)21-10-6-7-11-21/h13,17H,3-11H2,1-2H3. The summed E-state index contributed by atoms with van der Waals surface area (Å²) in [6.07, 6.45) is 7.91. The van der Waals surface area contributed by atoms with Crippen LogP contribution in [-0.2, 0) is 7.05 Å². The van der Waals surface area contributed by atoms with Crippen molar-refractivity contribution < 1.29 is 0 Å². The van der Waals surface area contributed by atoms with Gasteiger partial charge in [-0.1, -0.05) is 25.0 Å². The Morgan fingerprint density at radius 3 is 2.43 bits per heavy atom. The van der Waals surface area contributed by atoms with Crippen molar-refractivity contribution in [3.8, 4) is 0 Å². The number of rotatable bonds is 5. The Morgan fingerprint density at radius 2 is 1.90 bits per heavy atom. The SMILES string of the molecule is CCNC(c1c(Br)nnn1C)C1(N2CCCC2)CCCC1. The lowest BCUT2D eigenvalue weighted by Gasteiger charge is -2.45. The van der Waals surface area contributed by atoms with Crippen LogP contribution in [0.3, 0.4) is 0 Å². The molecule has 1 aromatic heterocycles. The smallest absolute Gasteiger partial charge is 0.153 e. The Bertz CT molecular complexity index is 455. The van der Waals surface area contributed by atoms with Crippen molar-refractivity contribution in [2.24, 2.45) is 7.05 Å². The van der Waals surface area contributed by atoms with Gasteiger partial charge in [0.2, 0.25) is 0 Å². The first-order valence-electron chi connectivity index (χ1n) is 8.22. The van der Waals surface area contributed by atoms with E-state index in [-0.39, 0.29) is 5.54 Å². The average Bonchev–Trinajstić information content (AvgIpc) is 3.19. The highest BCUT2D eigenvalue weighted by Crippen LogP contribution is 2.46. The molecule has 0 amide bonds. The summed E-state index contributed by atoms with van der Waals surface area (Å²) in [5.41, 5.74) is 1.44. The third kappa shape index (κ3) is 2.66. The number of halogens is 1. The molecule has 1 atom stereocenters. The molecule has 1 unspecified atom stereocenters. The first kappa shape index (κ1) is 15.4. The molecule has 2 aliphatic rings. The molecule has 0 aromatic carbocycles. The molecule has 1 N–H and O–H groups in total. The van der Waals surface area contributed by atoms with Crippen LogP contribution < -0.4 is 5.32 Å². The molecule has 5 nitrogen and oxygen atoms in total. The fourth-order valence-corrected chi connectivity index (χ4v) is 4.88. The number of likely N-dealkylation sites (tertiary alicyclic amines) is 1. The molecule has 1 saturated carbocycles. The summed E-state index contributed by atoms with van der Waals surface area (Å²) in [4.78, 5) is 2.74. The number of aryl methyl sites for hydroxylation is 1. The minimum Gasteiger partial charge on any atom is -0.307 e. The van der Waals surface area contributed by atoms with Crippen molar-refractivity contribution in [3.05, 3.63) is 10.3 Å². The summed E-state index contributed by atoms with van der Waals surface area (Å²) >= 11 is 3.61. The summed E-state index contributed by atoms with van der Waals surface area (Å²) < 4.78 is 2.83. The predicted molar refractivity (Wildman–Crippen MR) is 87.1 cm³/mol. The van der Waals surface area contributed by atoms with Crippen LogP contribution in [0, 0.1) is 0 Å². The third-order valence-corrected chi connectivity index (χ3v) is 5.82. The van der Waals surface area contributed by atoms with Gasteiger partial charge < -0.3 is 5.32 Å². The number of nitrogens with one attached hydrogen (secondary N) is 1. The van der Waals surface area contributed by atoms with Crippen LogP contribution >= 0.6 is 15.9 Å². The van der Waals surface area contributed by atoms with Gasteiger partial charge >= 0.3 is 0 Å². The Morgan fingerprint density at radius 1 is 1.24 bits per heavy atom. The van der Waals surface area contributed by atoms with Gasteiger partial charge in [0, 0.05) is 12.6 Å². The second-order valence-corrected chi connectivity index (χ2v) is 7.14. The van der Waals surface area contributed by atoms with Gasteiger partial charge in [-0.15, -0.1) is 5.10 Å². The van der Waals surface area contributed by atoms with Crippen LogP contribution in [0.1, 0.15) is 57.2 Å². The van der Waals surface area contributed by atoms with Crippen molar-refractivity contribution in [1.82, 2.24) is 25.2 Å². The fourth-order valence-electron chi connectivity index (χ4n) is 4.33. The van der Waals surface area contributed by atoms with E-state index >= 15 is 0 Å². The van der Waals surface area contributed by atoms with Gasteiger partial charge in [0.1, 0.15) is 0 Å². The van der Waals surface area contributed by atoms with E-state index in [1.165, 1.54) is 57.3 Å². The highest BCUT2D eigenvalue weighted by atomic mass is 79.9. The monoisotopic (exact) mass is 355 g/mol. The number of nitrogens with zero attached hydrogens (tertiary/aromatic N) is 4. The van der Waals surface area contributed by atoms with Gasteiger partial charge in [0.15, 0.2) is 4.60 Å². The van der Waals surface area contributed by atoms with Gasteiger partial charge in [-0.3, -0.25) is 4.90 Å². The number of hydrogen-bond acceptors (Lipinski definition) is 4. The molecular weight excluding hydrogens is 330 g/mol. The lowest BCUT2D eigenvalue weighted by Crippen LogP contribution is -2.54. The number of aromatic nitrogens is 3. The molecule has 6 heteroatoms. The predicted octanol–water partition coefficient (Wildman–Crippen LogP) is 2.64. The summed E-state index contributed by atoms with van der Waals surface area (Å²) in [5.74, 6) is 0. The quantitative estimate of drug-likeness (QED) is 0.881. The van der Waals surface area contributed by atoms with Gasteiger partial charge in [-0.25, -0.2) is 4.68 Å². The normalized spacial score (nSPS) is 23.8. The topological polar surface area (TPSA) is 46.0 Å². The van der Waals surface area contributed by atoms with Crippen LogP contribution in [0.4, 0.5) is 0 Å². The molecule has 21 heavy (non-hydrogen) atoms. The summed E-state index contributed by atoms with van der Waals surface area (Å²) in [6, 6.07) is 0.303. The van der Waals surface area contributed by atoms with Gasteiger partial charge in [-0.05, 0) is 61.2 Å². The Hall–Kier alpha value is -0.460. The summed E-state index contributed by atoms with van der Waals surface area (Å²) in [6.45, 7) is 5.64. The fraction of sp³-hybridized carbons (Fsp3) is 0.867. The van der Waals surface area contributed by atoms with E-state index in [4.69, 9.17) is 0 Å². The van der Waals surface area contributed by atoms with Crippen molar-refractivity contribution in [1.29, 1.82) is 0 Å². The Balaban J connectivity index is 2.01. The average molecular weight is 356 g/mol. The first-order chi connectivity index (χ1) is 10.2. The number of hydrogen-bond donors (Lipinski definition) is 1. The van der Waals surface area contributed by atoms with Gasteiger partial charge in [-0.2, -0.15) is 0 Å². The van der Waals surface area contributed by atoms with E-state index in [1.54, 1.807) is 0 Å². The molecule has 0 spiro atoms. The minimum atomic E-state index is 0.241. The van der Waals surface area contributed by atoms with Gasteiger partial charge in [0.05, 0.1) is 11.7 Å². The van der Waals surface area contributed by atoms with Crippen molar-refractivity contribution in [3.63, 3.8) is 0 Å². The minimum absolute atomic E-state index is 0.241. The van der Waals surface area contributed by atoms with Crippen molar-refractivity contribution in [2.75, 3.05) is 19.6 Å². The maximum atomic E-state index is 4.22. The lowest BCUT2D eigenvalue weighted by molar-refractivity contribution is 0.0735. The highest BCUT2D eigenvalue weighted by molar-refractivity contribution is 9.10. The molecule has 2 heterocycles. The Kier molecular flexibility index (Phi) is 4.66. The van der Waals surface area contributed by atoms with Crippen LogP contribution in [0.5, 0.6) is 0 Å².